The standard InChI is InChI=1S/C17H18FN3O4/c1-12-19-11-15(21(23)24)20(12)9-10-25-16(22)17(7-2-8-17)13-3-5-14(18)6-4-13/h3-6,11H,2,7-10H2,1H3. The second-order valence-corrected chi connectivity index (χ2v) is 6.15. The predicted molar refractivity (Wildman–Crippen MR) is 86.5 cm³/mol. The molecular weight excluding hydrogens is 329 g/mol. The second-order valence-electron chi connectivity index (χ2n) is 6.15. The van der Waals surface area contributed by atoms with E-state index in [4.69, 9.17) is 4.74 Å². The Morgan fingerprint density at radius 3 is 2.64 bits per heavy atom. The summed E-state index contributed by atoms with van der Waals surface area (Å²) in [5.41, 5.74) is 0.0128. The summed E-state index contributed by atoms with van der Waals surface area (Å²) in [5.74, 6) is -0.370. The molecular formula is C17H18FN3O4. The van der Waals surface area contributed by atoms with E-state index in [2.05, 4.69) is 4.98 Å². The van der Waals surface area contributed by atoms with E-state index in [9.17, 15) is 19.3 Å². The quantitative estimate of drug-likeness (QED) is 0.455. The van der Waals surface area contributed by atoms with Crippen molar-refractivity contribution in [3.63, 3.8) is 0 Å². The Labute approximate surface area is 143 Å². The Bertz CT molecular complexity index is 797. The van der Waals surface area contributed by atoms with Crippen LogP contribution in [0.25, 0.3) is 0 Å². The smallest absolute Gasteiger partial charge is 0.342 e. The van der Waals surface area contributed by atoms with Gasteiger partial charge in [0, 0.05) is 6.92 Å². The van der Waals surface area contributed by atoms with Crippen molar-refractivity contribution >= 4 is 11.8 Å². The molecule has 1 aliphatic carbocycles. The molecule has 3 rings (SSSR count). The maximum Gasteiger partial charge on any atom is 0.342 e. The molecule has 0 bridgehead atoms. The highest BCUT2D eigenvalue weighted by atomic mass is 19.1. The average Bonchev–Trinajstić information content (AvgIpc) is 2.89. The summed E-state index contributed by atoms with van der Waals surface area (Å²) < 4.78 is 19.9. The van der Waals surface area contributed by atoms with Crippen LogP contribution in [0.3, 0.4) is 0 Å². The Balaban J connectivity index is 1.67. The Kier molecular flexibility index (Phi) is 4.52. The van der Waals surface area contributed by atoms with Gasteiger partial charge in [-0.3, -0.25) is 4.79 Å². The van der Waals surface area contributed by atoms with Crippen LogP contribution >= 0.6 is 0 Å². The van der Waals surface area contributed by atoms with Crippen LogP contribution < -0.4 is 0 Å². The normalized spacial score (nSPS) is 15.4. The van der Waals surface area contributed by atoms with Crippen molar-refractivity contribution in [2.75, 3.05) is 6.61 Å². The molecule has 0 N–H and O–H groups in total. The molecule has 0 saturated heterocycles. The summed E-state index contributed by atoms with van der Waals surface area (Å²) in [5, 5.41) is 11.0. The van der Waals surface area contributed by atoms with E-state index in [1.54, 1.807) is 19.1 Å². The summed E-state index contributed by atoms with van der Waals surface area (Å²) in [6, 6.07) is 5.89. The van der Waals surface area contributed by atoms with E-state index >= 15 is 0 Å². The summed E-state index contributed by atoms with van der Waals surface area (Å²) in [7, 11) is 0. The molecule has 1 fully saturated rings. The number of aromatic nitrogens is 2. The second kappa shape index (κ2) is 6.62. The summed E-state index contributed by atoms with van der Waals surface area (Å²) in [6.45, 7) is 1.83. The van der Waals surface area contributed by atoms with Crippen LogP contribution in [-0.2, 0) is 21.5 Å². The fourth-order valence-corrected chi connectivity index (χ4v) is 3.16. The van der Waals surface area contributed by atoms with Gasteiger partial charge in [-0.15, -0.1) is 0 Å². The number of carbonyl (C=O) groups is 1. The van der Waals surface area contributed by atoms with Crippen molar-refractivity contribution in [1.29, 1.82) is 0 Å². The van der Waals surface area contributed by atoms with E-state index < -0.39 is 10.3 Å². The van der Waals surface area contributed by atoms with Crippen molar-refractivity contribution in [2.45, 2.75) is 38.1 Å². The summed E-state index contributed by atoms with van der Waals surface area (Å²) in [4.78, 5) is 26.9. The predicted octanol–water partition coefficient (Wildman–Crippen LogP) is 2.90. The van der Waals surface area contributed by atoms with E-state index in [1.807, 2.05) is 0 Å². The zero-order chi connectivity index (χ0) is 18.0. The van der Waals surface area contributed by atoms with Crippen molar-refractivity contribution in [3.05, 3.63) is 57.8 Å². The van der Waals surface area contributed by atoms with Gasteiger partial charge in [0.15, 0.2) is 5.82 Å². The number of halogens is 1. The third kappa shape index (κ3) is 3.11. The Hall–Kier alpha value is -2.77. The van der Waals surface area contributed by atoms with Crippen molar-refractivity contribution in [1.82, 2.24) is 9.55 Å². The molecule has 0 atom stereocenters. The Morgan fingerprint density at radius 2 is 2.08 bits per heavy atom. The number of nitrogens with zero attached hydrogens (tertiary/aromatic N) is 3. The molecule has 1 saturated carbocycles. The number of imidazole rings is 1. The number of hydrogen-bond acceptors (Lipinski definition) is 5. The minimum Gasteiger partial charge on any atom is -0.461 e. The van der Waals surface area contributed by atoms with Crippen LogP contribution in [0.5, 0.6) is 0 Å². The molecule has 0 radical (unpaired) electrons. The molecule has 0 spiro atoms. The van der Waals surface area contributed by atoms with E-state index in [0.29, 0.717) is 18.7 Å². The van der Waals surface area contributed by atoms with E-state index in [1.165, 1.54) is 22.9 Å². The molecule has 0 aliphatic heterocycles. The number of aryl methyl sites for hydroxylation is 1. The highest BCUT2D eigenvalue weighted by Gasteiger charge is 2.47. The lowest BCUT2D eigenvalue weighted by Gasteiger charge is -2.39. The van der Waals surface area contributed by atoms with Crippen LogP contribution in [0, 0.1) is 22.9 Å². The first kappa shape index (κ1) is 17.1. The maximum absolute atomic E-state index is 13.1. The van der Waals surface area contributed by atoms with Gasteiger partial charge in [0.2, 0.25) is 0 Å². The van der Waals surface area contributed by atoms with Gasteiger partial charge < -0.3 is 14.9 Å². The molecule has 132 valence electrons. The van der Waals surface area contributed by atoms with E-state index in [0.717, 1.165) is 12.0 Å². The van der Waals surface area contributed by atoms with Gasteiger partial charge in [0.25, 0.3) is 0 Å². The van der Waals surface area contributed by atoms with Gasteiger partial charge in [0.1, 0.15) is 25.2 Å². The van der Waals surface area contributed by atoms with Crippen LogP contribution in [0.4, 0.5) is 10.2 Å². The first-order valence-corrected chi connectivity index (χ1v) is 8.04. The molecule has 0 amide bonds. The number of esters is 1. The van der Waals surface area contributed by atoms with Gasteiger partial charge in [0.05, 0.1) is 5.41 Å². The molecule has 0 unspecified atom stereocenters. The van der Waals surface area contributed by atoms with Gasteiger partial charge in [-0.05, 0) is 35.5 Å². The minimum absolute atomic E-state index is 0.0137. The summed E-state index contributed by atoms with van der Waals surface area (Å²) >= 11 is 0. The zero-order valence-electron chi connectivity index (χ0n) is 13.8. The molecule has 8 heteroatoms. The third-order valence-corrected chi connectivity index (χ3v) is 4.76. The monoisotopic (exact) mass is 347 g/mol. The number of hydrogen-bond donors (Lipinski definition) is 0. The molecule has 1 aromatic carbocycles. The SMILES string of the molecule is Cc1ncc([N+](=O)[O-])n1CCOC(=O)C1(c2ccc(F)cc2)CCC1. The maximum atomic E-state index is 13.1. The highest BCUT2D eigenvalue weighted by Crippen LogP contribution is 2.44. The molecule has 7 nitrogen and oxygen atoms in total. The number of nitro groups is 1. The van der Waals surface area contributed by atoms with Crippen LogP contribution in [0.15, 0.2) is 30.5 Å². The lowest BCUT2D eigenvalue weighted by molar-refractivity contribution is -0.392. The molecule has 1 aliphatic rings. The summed E-state index contributed by atoms with van der Waals surface area (Å²) in [6.07, 6.45) is 3.39. The first-order valence-electron chi connectivity index (χ1n) is 8.04. The third-order valence-electron chi connectivity index (χ3n) is 4.76. The van der Waals surface area contributed by atoms with Crippen LogP contribution in [0.1, 0.15) is 30.7 Å². The van der Waals surface area contributed by atoms with Gasteiger partial charge in [-0.25, -0.2) is 13.9 Å². The first-order chi connectivity index (χ1) is 11.9. The van der Waals surface area contributed by atoms with E-state index in [-0.39, 0.29) is 30.8 Å². The molecule has 2 aromatic rings. The molecule has 1 aromatic heterocycles. The van der Waals surface area contributed by atoms with Crippen LogP contribution in [-0.4, -0.2) is 27.1 Å². The Morgan fingerprint density at radius 1 is 1.40 bits per heavy atom. The van der Waals surface area contributed by atoms with Crippen LogP contribution in [0.2, 0.25) is 0 Å². The zero-order valence-corrected chi connectivity index (χ0v) is 13.8. The fraction of sp³-hybridized carbons (Fsp3) is 0.412. The molecule has 25 heavy (non-hydrogen) atoms. The largest absolute Gasteiger partial charge is 0.461 e. The highest BCUT2D eigenvalue weighted by molar-refractivity contribution is 5.84. The fourth-order valence-electron chi connectivity index (χ4n) is 3.16. The lowest BCUT2D eigenvalue weighted by atomic mass is 9.64. The average molecular weight is 347 g/mol. The van der Waals surface area contributed by atoms with Crippen molar-refractivity contribution in [2.24, 2.45) is 0 Å². The minimum atomic E-state index is -0.733. The molecule has 1 heterocycles. The van der Waals surface area contributed by atoms with Gasteiger partial charge in [-0.2, -0.15) is 0 Å². The van der Waals surface area contributed by atoms with Gasteiger partial charge >= 0.3 is 11.8 Å². The van der Waals surface area contributed by atoms with Crippen molar-refractivity contribution in [3.8, 4) is 0 Å². The number of carbonyl (C=O) groups excluding carboxylic acids is 1. The number of rotatable bonds is 6. The van der Waals surface area contributed by atoms with Gasteiger partial charge in [-0.1, -0.05) is 18.6 Å². The number of benzene rings is 1. The number of ether oxygens (including phenoxy) is 1. The van der Waals surface area contributed by atoms with Crippen molar-refractivity contribution < 1.29 is 18.8 Å². The lowest BCUT2D eigenvalue weighted by Crippen LogP contribution is -2.44. The topological polar surface area (TPSA) is 87.3 Å².